The van der Waals surface area contributed by atoms with Crippen LogP contribution in [0.3, 0.4) is 0 Å². The molecule has 4 amide bonds. The molecule has 0 aromatic rings. The van der Waals surface area contributed by atoms with Gasteiger partial charge in [-0.3, -0.25) is 14.4 Å². The third kappa shape index (κ3) is 6.82. The maximum Gasteiger partial charge on any atom is 0.325 e. The lowest BCUT2D eigenvalue weighted by molar-refractivity contribution is -0.141. The SMILES string of the molecule is C[C@H](NC(=O)[C@H](CCCNC(N)=O)NC(=O)[C@@H]1CCCN1)C(=O)O. The number of hydrogen-bond donors (Lipinski definition) is 6. The zero-order valence-corrected chi connectivity index (χ0v) is 13.6. The number of carboxylic acids is 1. The lowest BCUT2D eigenvalue weighted by atomic mass is 10.1. The predicted molar refractivity (Wildman–Crippen MR) is 85.0 cm³/mol. The van der Waals surface area contributed by atoms with Gasteiger partial charge in [0.15, 0.2) is 0 Å². The Bertz CT molecular complexity index is 478. The molecule has 0 radical (unpaired) electrons. The number of urea groups is 1. The van der Waals surface area contributed by atoms with Gasteiger partial charge in [0.1, 0.15) is 12.1 Å². The average molecular weight is 343 g/mol. The Hall–Kier alpha value is -2.36. The molecule has 0 aromatic carbocycles. The first-order valence-corrected chi connectivity index (χ1v) is 7.91. The Kier molecular flexibility index (Phi) is 7.96. The normalized spacial score (nSPS) is 19.1. The van der Waals surface area contributed by atoms with Crippen molar-refractivity contribution in [3.05, 3.63) is 0 Å². The summed E-state index contributed by atoms with van der Waals surface area (Å²) in [5, 5.41) is 19.3. The van der Waals surface area contributed by atoms with Crippen LogP contribution in [0.2, 0.25) is 0 Å². The van der Waals surface area contributed by atoms with E-state index in [-0.39, 0.29) is 24.9 Å². The third-order valence-corrected chi connectivity index (χ3v) is 3.71. The molecule has 1 aliphatic rings. The van der Waals surface area contributed by atoms with Gasteiger partial charge in [0, 0.05) is 6.54 Å². The van der Waals surface area contributed by atoms with Crippen molar-refractivity contribution in [1.82, 2.24) is 21.3 Å². The number of primary amides is 1. The molecule has 10 heteroatoms. The highest BCUT2D eigenvalue weighted by Gasteiger charge is 2.28. The predicted octanol–water partition coefficient (Wildman–Crippen LogP) is -1.74. The molecule has 1 heterocycles. The highest BCUT2D eigenvalue weighted by Crippen LogP contribution is 2.06. The summed E-state index contributed by atoms with van der Waals surface area (Å²) in [7, 11) is 0. The van der Waals surface area contributed by atoms with E-state index in [0.717, 1.165) is 13.0 Å². The second-order valence-corrected chi connectivity index (χ2v) is 5.71. The minimum absolute atomic E-state index is 0.247. The van der Waals surface area contributed by atoms with Crippen LogP contribution < -0.4 is 27.0 Å². The lowest BCUT2D eigenvalue weighted by Gasteiger charge is -2.21. The Balaban J connectivity index is 2.59. The summed E-state index contributed by atoms with van der Waals surface area (Å²) < 4.78 is 0. The van der Waals surface area contributed by atoms with Crippen molar-refractivity contribution in [3.63, 3.8) is 0 Å². The van der Waals surface area contributed by atoms with E-state index in [1.165, 1.54) is 6.92 Å². The summed E-state index contributed by atoms with van der Waals surface area (Å²) in [5.41, 5.74) is 4.96. The molecule has 1 aliphatic heterocycles. The molecule has 0 aliphatic carbocycles. The van der Waals surface area contributed by atoms with E-state index in [2.05, 4.69) is 21.3 Å². The highest BCUT2D eigenvalue weighted by atomic mass is 16.4. The van der Waals surface area contributed by atoms with Crippen molar-refractivity contribution < 1.29 is 24.3 Å². The van der Waals surface area contributed by atoms with Crippen LogP contribution in [0.4, 0.5) is 4.79 Å². The van der Waals surface area contributed by atoms with Gasteiger partial charge < -0.3 is 32.1 Å². The van der Waals surface area contributed by atoms with Gasteiger partial charge in [-0.25, -0.2) is 4.79 Å². The number of carbonyl (C=O) groups excluding carboxylic acids is 3. The fourth-order valence-electron chi connectivity index (χ4n) is 2.34. The van der Waals surface area contributed by atoms with Crippen molar-refractivity contribution >= 4 is 23.8 Å². The van der Waals surface area contributed by atoms with Crippen LogP contribution in [-0.2, 0) is 14.4 Å². The van der Waals surface area contributed by atoms with E-state index in [0.29, 0.717) is 12.8 Å². The molecule has 136 valence electrons. The van der Waals surface area contributed by atoms with Gasteiger partial charge in [-0.2, -0.15) is 0 Å². The number of carbonyl (C=O) groups is 4. The first kappa shape index (κ1) is 19.7. The molecular weight excluding hydrogens is 318 g/mol. The van der Waals surface area contributed by atoms with Crippen LogP contribution in [0.25, 0.3) is 0 Å². The van der Waals surface area contributed by atoms with Gasteiger partial charge in [0.2, 0.25) is 11.8 Å². The maximum atomic E-state index is 12.2. The van der Waals surface area contributed by atoms with Crippen molar-refractivity contribution in [2.45, 2.75) is 50.7 Å². The molecule has 3 atom stereocenters. The number of nitrogens with two attached hydrogens (primary N) is 1. The van der Waals surface area contributed by atoms with Crippen LogP contribution in [-0.4, -0.2) is 60.1 Å². The van der Waals surface area contributed by atoms with Gasteiger partial charge >= 0.3 is 12.0 Å². The summed E-state index contributed by atoms with van der Waals surface area (Å²) in [6.45, 7) is 2.34. The summed E-state index contributed by atoms with van der Waals surface area (Å²) in [6, 6.07) is -2.96. The molecule has 7 N–H and O–H groups in total. The number of amides is 4. The molecule has 1 fully saturated rings. The smallest absolute Gasteiger partial charge is 0.325 e. The molecule has 0 bridgehead atoms. The minimum atomic E-state index is -1.17. The summed E-state index contributed by atoms with van der Waals surface area (Å²) in [4.78, 5) is 45.9. The largest absolute Gasteiger partial charge is 0.480 e. The van der Waals surface area contributed by atoms with Crippen molar-refractivity contribution in [2.75, 3.05) is 13.1 Å². The summed E-state index contributed by atoms with van der Waals surface area (Å²) >= 11 is 0. The number of rotatable bonds is 9. The van der Waals surface area contributed by atoms with Crippen LogP contribution in [0, 0.1) is 0 Å². The van der Waals surface area contributed by atoms with Gasteiger partial charge in [0.05, 0.1) is 6.04 Å². The Morgan fingerprint density at radius 3 is 2.54 bits per heavy atom. The van der Waals surface area contributed by atoms with Gasteiger partial charge in [-0.05, 0) is 39.2 Å². The van der Waals surface area contributed by atoms with Crippen molar-refractivity contribution in [3.8, 4) is 0 Å². The molecule has 0 unspecified atom stereocenters. The third-order valence-electron chi connectivity index (χ3n) is 3.71. The first-order valence-electron chi connectivity index (χ1n) is 7.91. The number of hydrogen-bond acceptors (Lipinski definition) is 5. The summed E-state index contributed by atoms with van der Waals surface area (Å²) in [6.07, 6.45) is 2.22. The van der Waals surface area contributed by atoms with Crippen LogP contribution in [0.15, 0.2) is 0 Å². The molecule has 0 saturated carbocycles. The topological polar surface area (TPSA) is 163 Å². The van der Waals surface area contributed by atoms with E-state index in [4.69, 9.17) is 10.8 Å². The molecule has 10 nitrogen and oxygen atoms in total. The molecule has 1 saturated heterocycles. The Labute approximate surface area is 139 Å². The number of aliphatic carboxylic acids is 1. The Morgan fingerprint density at radius 2 is 2.00 bits per heavy atom. The van der Waals surface area contributed by atoms with E-state index in [9.17, 15) is 19.2 Å². The van der Waals surface area contributed by atoms with Crippen LogP contribution >= 0.6 is 0 Å². The molecule has 1 rings (SSSR count). The fourth-order valence-corrected chi connectivity index (χ4v) is 2.34. The fraction of sp³-hybridized carbons (Fsp3) is 0.714. The van der Waals surface area contributed by atoms with E-state index < -0.39 is 30.0 Å². The quantitative estimate of drug-likeness (QED) is 0.272. The number of carboxylic acid groups (broad SMARTS) is 1. The molecular formula is C14H25N5O5. The first-order chi connectivity index (χ1) is 11.3. The average Bonchev–Trinajstić information content (AvgIpc) is 3.03. The van der Waals surface area contributed by atoms with Crippen molar-refractivity contribution in [1.29, 1.82) is 0 Å². The van der Waals surface area contributed by atoms with Gasteiger partial charge in [0.25, 0.3) is 0 Å². The van der Waals surface area contributed by atoms with E-state index >= 15 is 0 Å². The molecule has 24 heavy (non-hydrogen) atoms. The van der Waals surface area contributed by atoms with Crippen LogP contribution in [0.5, 0.6) is 0 Å². The lowest BCUT2D eigenvalue weighted by Crippen LogP contribution is -2.54. The highest BCUT2D eigenvalue weighted by molar-refractivity contribution is 5.91. The maximum absolute atomic E-state index is 12.2. The van der Waals surface area contributed by atoms with E-state index in [1.54, 1.807) is 0 Å². The number of nitrogens with one attached hydrogen (secondary N) is 4. The molecule has 0 spiro atoms. The van der Waals surface area contributed by atoms with Gasteiger partial charge in [-0.15, -0.1) is 0 Å². The minimum Gasteiger partial charge on any atom is -0.480 e. The molecule has 0 aromatic heterocycles. The Morgan fingerprint density at radius 1 is 1.29 bits per heavy atom. The summed E-state index contributed by atoms with van der Waals surface area (Å²) in [5.74, 6) is -2.03. The standard InChI is InChI=1S/C14H25N5O5/c1-8(13(22)23)18-12(21)10(5-3-7-17-14(15)24)19-11(20)9-4-2-6-16-9/h8-10,16H,2-7H2,1H3,(H,18,21)(H,19,20)(H,22,23)(H3,15,17,24)/t8-,9-,10-/m0/s1. The second-order valence-electron chi connectivity index (χ2n) is 5.71. The second kappa shape index (κ2) is 9.71. The monoisotopic (exact) mass is 343 g/mol. The zero-order chi connectivity index (χ0) is 18.1. The van der Waals surface area contributed by atoms with E-state index in [1.807, 2.05) is 0 Å². The van der Waals surface area contributed by atoms with Crippen LogP contribution in [0.1, 0.15) is 32.6 Å². The van der Waals surface area contributed by atoms with Crippen molar-refractivity contribution in [2.24, 2.45) is 5.73 Å². The van der Waals surface area contributed by atoms with Gasteiger partial charge in [-0.1, -0.05) is 0 Å². The zero-order valence-electron chi connectivity index (χ0n) is 13.6.